The summed E-state index contributed by atoms with van der Waals surface area (Å²) in [6.07, 6.45) is 0. The zero-order valence-electron chi connectivity index (χ0n) is 15.4. The molecule has 2 rings (SSSR count). The number of halogens is 1. The molecule has 1 heterocycles. The van der Waals surface area contributed by atoms with E-state index in [9.17, 15) is 9.59 Å². The van der Waals surface area contributed by atoms with Gasteiger partial charge < -0.3 is 10.1 Å². The molecule has 0 aliphatic rings. The van der Waals surface area contributed by atoms with Gasteiger partial charge in [0.2, 0.25) is 5.91 Å². The van der Waals surface area contributed by atoms with Crippen molar-refractivity contribution in [3.8, 4) is 0 Å². The summed E-state index contributed by atoms with van der Waals surface area (Å²) in [6, 6.07) is 5.51. The molecule has 1 unspecified atom stereocenters. The quantitative estimate of drug-likeness (QED) is 0.503. The largest absolute Gasteiger partial charge is 0.383 e. The number of aromatic nitrogens is 2. The molecule has 1 aromatic heterocycles. The molecular weight excluding hydrogens is 418 g/mol. The fraction of sp³-hybridized carbons (Fsp3) is 0.500. The number of rotatable bonds is 8. The normalized spacial score (nSPS) is 12.5. The molecule has 1 aromatic carbocycles. The minimum atomic E-state index is -0.133. The van der Waals surface area contributed by atoms with Crippen molar-refractivity contribution < 1.29 is 9.53 Å². The van der Waals surface area contributed by atoms with Crippen molar-refractivity contribution in [2.75, 3.05) is 19.5 Å². The van der Waals surface area contributed by atoms with Gasteiger partial charge in [-0.3, -0.25) is 14.2 Å². The first-order chi connectivity index (χ1) is 12.3. The summed E-state index contributed by atoms with van der Waals surface area (Å²) < 4.78 is 7.51. The number of ether oxygens (including phenoxy) is 1. The first-order valence-corrected chi connectivity index (χ1v) is 10.2. The molecule has 1 N–H and O–H groups in total. The lowest BCUT2D eigenvalue weighted by molar-refractivity contribution is -0.119. The van der Waals surface area contributed by atoms with Gasteiger partial charge in [0.05, 0.1) is 29.8 Å². The summed E-state index contributed by atoms with van der Waals surface area (Å²) in [5, 5.41) is 4.03. The molecule has 26 heavy (non-hydrogen) atoms. The third-order valence-corrected chi connectivity index (χ3v) is 5.59. The Kier molecular flexibility index (Phi) is 7.67. The van der Waals surface area contributed by atoms with E-state index in [1.807, 2.05) is 13.0 Å². The van der Waals surface area contributed by atoms with Crippen molar-refractivity contribution in [3.63, 3.8) is 0 Å². The van der Waals surface area contributed by atoms with E-state index in [0.717, 1.165) is 4.47 Å². The topological polar surface area (TPSA) is 73.2 Å². The van der Waals surface area contributed by atoms with E-state index in [-0.39, 0.29) is 23.3 Å². The lowest BCUT2D eigenvalue weighted by atomic mass is 10.1. The molecule has 0 fully saturated rings. The Balaban J connectivity index is 2.28. The maximum absolute atomic E-state index is 12.9. The minimum Gasteiger partial charge on any atom is -0.383 e. The number of amides is 1. The van der Waals surface area contributed by atoms with Gasteiger partial charge in [0, 0.05) is 17.6 Å². The molecule has 0 spiro atoms. The molecule has 0 saturated heterocycles. The predicted molar refractivity (Wildman–Crippen MR) is 109 cm³/mol. The number of carbonyl (C=O) groups is 1. The first kappa shape index (κ1) is 20.9. The average molecular weight is 442 g/mol. The van der Waals surface area contributed by atoms with Crippen LogP contribution in [0.15, 0.2) is 32.6 Å². The van der Waals surface area contributed by atoms with Crippen molar-refractivity contribution in [2.45, 2.75) is 38.5 Å². The highest BCUT2D eigenvalue weighted by molar-refractivity contribution is 9.10. The molecule has 0 saturated carbocycles. The number of fused-ring (bicyclic) bond motifs is 1. The number of hydrogen-bond donors (Lipinski definition) is 1. The summed E-state index contributed by atoms with van der Waals surface area (Å²) >= 11 is 4.65. The van der Waals surface area contributed by atoms with Crippen molar-refractivity contribution in [1.29, 1.82) is 0 Å². The highest BCUT2D eigenvalue weighted by Crippen LogP contribution is 2.20. The highest BCUT2D eigenvalue weighted by Gasteiger charge is 2.15. The number of nitrogens with zero attached hydrogens (tertiary/aromatic N) is 2. The smallest absolute Gasteiger partial charge is 0.262 e. The zero-order valence-corrected chi connectivity index (χ0v) is 17.8. The Hall–Kier alpha value is -1.38. The van der Waals surface area contributed by atoms with E-state index < -0.39 is 0 Å². The lowest BCUT2D eigenvalue weighted by Crippen LogP contribution is -2.37. The van der Waals surface area contributed by atoms with Crippen LogP contribution in [-0.2, 0) is 16.1 Å². The van der Waals surface area contributed by atoms with Gasteiger partial charge in [-0.05, 0) is 31.0 Å². The fourth-order valence-electron chi connectivity index (χ4n) is 2.26. The second kappa shape index (κ2) is 9.53. The van der Waals surface area contributed by atoms with Crippen LogP contribution in [0.3, 0.4) is 0 Å². The Morgan fingerprint density at radius 1 is 1.38 bits per heavy atom. The second-order valence-corrected chi connectivity index (χ2v) is 8.25. The Morgan fingerprint density at radius 3 is 2.77 bits per heavy atom. The highest BCUT2D eigenvalue weighted by atomic mass is 79.9. The first-order valence-electron chi connectivity index (χ1n) is 8.44. The van der Waals surface area contributed by atoms with Gasteiger partial charge in [-0.15, -0.1) is 0 Å². The van der Waals surface area contributed by atoms with Crippen LogP contribution in [0.4, 0.5) is 0 Å². The van der Waals surface area contributed by atoms with E-state index in [4.69, 9.17) is 4.74 Å². The second-order valence-electron chi connectivity index (χ2n) is 6.39. The maximum Gasteiger partial charge on any atom is 0.262 e. The van der Waals surface area contributed by atoms with Gasteiger partial charge >= 0.3 is 0 Å². The van der Waals surface area contributed by atoms with E-state index in [1.54, 1.807) is 23.8 Å². The predicted octanol–water partition coefficient (Wildman–Crippen LogP) is 3.06. The van der Waals surface area contributed by atoms with Crippen molar-refractivity contribution in [2.24, 2.45) is 5.92 Å². The van der Waals surface area contributed by atoms with Crippen LogP contribution in [0.2, 0.25) is 0 Å². The Bertz CT molecular complexity index is 838. The van der Waals surface area contributed by atoms with Crippen LogP contribution < -0.4 is 10.9 Å². The molecule has 2 aromatic rings. The van der Waals surface area contributed by atoms with Gasteiger partial charge in [-0.2, -0.15) is 0 Å². The molecule has 142 valence electrons. The molecule has 0 bridgehead atoms. The molecule has 0 aliphatic carbocycles. The minimum absolute atomic E-state index is 0.0698. The van der Waals surface area contributed by atoms with Crippen LogP contribution in [-0.4, -0.2) is 41.0 Å². The van der Waals surface area contributed by atoms with E-state index >= 15 is 0 Å². The standard InChI is InChI=1S/C18H24BrN3O3S/c1-11(2)12(3)20-16(23)10-26-18-21-15-6-5-13(19)9-14(15)17(24)22(18)7-8-25-4/h5-6,9,11-12H,7-8,10H2,1-4H3,(H,20,23). The molecule has 1 atom stereocenters. The molecule has 8 heteroatoms. The molecule has 0 aliphatic heterocycles. The number of carbonyl (C=O) groups excluding carboxylic acids is 1. The summed E-state index contributed by atoms with van der Waals surface area (Å²) in [5.41, 5.74) is 0.483. The third-order valence-electron chi connectivity index (χ3n) is 4.12. The van der Waals surface area contributed by atoms with E-state index in [2.05, 4.69) is 40.1 Å². The summed E-state index contributed by atoms with van der Waals surface area (Å²) in [7, 11) is 1.59. The number of hydrogen-bond acceptors (Lipinski definition) is 5. The molecule has 0 radical (unpaired) electrons. The SMILES string of the molecule is COCCn1c(SCC(=O)NC(C)C(C)C)nc2ccc(Br)cc2c1=O. The van der Waals surface area contributed by atoms with Crippen molar-refractivity contribution >= 4 is 44.5 Å². The summed E-state index contributed by atoms with van der Waals surface area (Å²) in [6.45, 7) is 6.88. The van der Waals surface area contributed by atoms with Crippen LogP contribution in [0, 0.1) is 5.92 Å². The molecular formula is C18H24BrN3O3S. The maximum atomic E-state index is 12.9. The molecule has 1 amide bonds. The van der Waals surface area contributed by atoms with Gasteiger partial charge in [0.1, 0.15) is 0 Å². The monoisotopic (exact) mass is 441 g/mol. The van der Waals surface area contributed by atoms with Crippen molar-refractivity contribution in [1.82, 2.24) is 14.9 Å². The zero-order chi connectivity index (χ0) is 19.3. The lowest BCUT2D eigenvalue weighted by Gasteiger charge is -2.17. The van der Waals surface area contributed by atoms with Gasteiger partial charge in [0.25, 0.3) is 5.56 Å². The van der Waals surface area contributed by atoms with Crippen LogP contribution >= 0.6 is 27.7 Å². The van der Waals surface area contributed by atoms with Gasteiger partial charge in [-0.25, -0.2) is 4.98 Å². The van der Waals surface area contributed by atoms with Crippen LogP contribution in [0.5, 0.6) is 0 Å². The van der Waals surface area contributed by atoms with Crippen LogP contribution in [0.25, 0.3) is 10.9 Å². The molecule has 6 nitrogen and oxygen atoms in total. The number of nitrogens with one attached hydrogen (secondary N) is 1. The Morgan fingerprint density at radius 2 is 2.12 bits per heavy atom. The summed E-state index contributed by atoms with van der Waals surface area (Å²) in [4.78, 5) is 29.6. The number of benzene rings is 1. The average Bonchev–Trinajstić information content (AvgIpc) is 2.59. The summed E-state index contributed by atoms with van der Waals surface area (Å²) in [5.74, 6) is 0.499. The Labute approximate surface area is 165 Å². The fourth-order valence-corrected chi connectivity index (χ4v) is 3.45. The number of thioether (sulfide) groups is 1. The van der Waals surface area contributed by atoms with Crippen molar-refractivity contribution in [3.05, 3.63) is 33.0 Å². The van der Waals surface area contributed by atoms with Crippen LogP contribution in [0.1, 0.15) is 20.8 Å². The van der Waals surface area contributed by atoms with E-state index in [1.165, 1.54) is 11.8 Å². The number of methoxy groups -OCH3 is 1. The van der Waals surface area contributed by atoms with Gasteiger partial charge in [0.15, 0.2) is 5.16 Å². The van der Waals surface area contributed by atoms with Gasteiger partial charge in [-0.1, -0.05) is 41.5 Å². The third kappa shape index (κ3) is 5.31. The van der Waals surface area contributed by atoms with E-state index in [0.29, 0.717) is 35.1 Å².